The first-order valence-electron chi connectivity index (χ1n) is 6.86. The first-order valence-corrected chi connectivity index (χ1v) is 7.24. The van der Waals surface area contributed by atoms with Crippen molar-refractivity contribution in [3.8, 4) is 11.4 Å². The Hall–Kier alpha value is -1.87. The molecule has 0 bridgehead atoms. The lowest BCUT2D eigenvalue weighted by Gasteiger charge is -2.08. The van der Waals surface area contributed by atoms with Crippen LogP contribution in [-0.2, 0) is 12.8 Å². The van der Waals surface area contributed by atoms with E-state index in [1.165, 1.54) is 18.4 Å². The molecule has 4 heteroatoms. The van der Waals surface area contributed by atoms with Crippen LogP contribution in [-0.4, -0.2) is 9.97 Å². The van der Waals surface area contributed by atoms with Gasteiger partial charge in [-0.15, -0.1) is 0 Å². The van der Waals surface area contributed by atoms with Gasteiger partial charge in [0, 0.05) is 17.5 Å². The maximum absolute atomic E-state index is 6.38. The number of benzene rings is 1. The Morgan fingerprint density at radius 1 is 1.00 bits per heavy atom. The molecule has 1 aromatic carbocycles. The maximum atomic E-state index is 6.38. The van der Waals surface area contributed by atoms with E-state index in [9.17, 15) is 0 Å². The van der Waals surface area contributed by atoms with E-state index in [0.717, 1.165) is 29.6 Å². The molecule has 2 aromatic heterocycles. The fraction of sp³-hybridized carbons (Fsp3) is 0.250. The maximum Gasteiger partial charge on any atom is 0.231 e. The highest BCUT2D eigenvalue weighted by Gasteiger charge is 2.22. The van der Waals surface area contributed by atoms with Crippen LogP contribution in [0.4, 0.5) is 0 Å². The minimum atomic E-state index is 0.501. The lowest BCUT2D eigenvalue weighted by atomic mass is 9.97. The normalized spacial score (nSPS) is 14.4. The third-order valence-corrected chi connectivity index (χ3v) is 4.08. The number of hydrogen-bond acceptors (Lipinski definition) is 3. The van der Waals surface area contributed by atoms with Crippen molar-refractivity contribution >= 4 is 22.7 Å². The van der Waals surface area contributed by atoms with Crippen molar-refractivity contribution in [3.05, 3.63) is 46.8 Å². The third-order valence-electron chi connectivity index (χ3n) is 3.80. The van der Waals surface area contributed by atoms with Crippen LogP contribution in [0, 0.1) is 0 Å². The van der Waals surface area contributed by atoms with E-state index < -0.39 is 0 Å². The van der Waals surface area contributed by atoms with Gasteiger partial charge in [-0.05, 0) is 19.3 Å². The molecule has 2 heterocycles. The Balaban J connectivity index is 1.95. The number of hydrogen-bond donors (Lipinski definition) is 0. The van der Waals surface area contributed by atoms with E-state index in [1.807, 2.05) is 30.3 Å². The number of nitrogens with zero attached hydrogens (tertiary/aromatic N) is 2. The molecule has 3 nitrogen and oxygen atoms in total. The van der Waals surface area contributed by atoms with E-state index in [0.29, 0.717) is 16.7 Å². The molecule has 0 aliphatic heterocycles. The van der Waals surface area contributed by atoms with Gasteiger partial charge in [-0.25, -0.2) is 4.98 Å². The predicted octanol–water partition coefficient (Wildman–Crippen LogP) is 4.42. The van der Waals surface area contributed by atoms with Gasteiger partial charge < -0.3 is 4.42 Å². The number of fused-ring (bicyclic) bond motifs is 3. The van der Waals surface area contributed by atoms with E-state index in [-0.39, 0.29) is 0 Å². The number of aryl methyl sites for hydroxylation is 2. The van der Waals surface area contributed by atoms with Crippen molar-refractivity contribution < 1.29 is 4.42 Å². The van der Waals surface area contributed by atoms with Crippen molar-refractivity contribution in [1.29, 1.82) is 0 Å². The molecule has 3 aromatic rings. The Labute approximate surface area is 121 Å². The van der Waals surface area contributed by atoms with Crippen molar-refractivity contribution in [2.45, 2.75) is 25.7 Å². The summed E-state index contributed by atoms with van der Waals surface area (Å²) in [4.78, 5) is 9.00. The Morgan fingerprint density at radius 2 is 1.80 bits per heavy atom. The predicted molar refractivity (Wildman–Crippen MR) is 78.9 cm³/mol. The van der Waals surface area contributed by atoms with Crippen LogP contribution in [0.3, 0.4) is 0 Å². The van der Waals surface area contributed by atoms with Gasteiger partial charge in [0.15, 0.2) is 5.82 Å². The van der Waals surface area contributed by atoms with E-state index in [4.69, 9.17) is 16.0 Å². The summed E-state index contributed by atoms with van der Waals surface area (Å²) in [6.45, 7) is 0. The van der Waals surface area contributed by atoms with Crippen molar-refractivity contribution in [1.82, 2.24) is 9.97 Å². The summed E-state index contributed by atoms with van der Waals surface area (Å²) >= 11 is 6.38. The molecule has 1 aliphatic carbocycles. The number of halogens is 1. The Morgan fingerprint density at radius 3 is 2.65 bits per heavy atom. The zero-order chi connectivity index (χ0) is 13.5. The largest absolute Gasteiger partial charge is 0.442 e. The van der Waals surface area contributed by atoms with Crippen molar-refractivity contribution in [2.75, 3.05) is 0 Å². The number of furan rings is 1. The molecule has 1 aliphatic rings. The fourth-order valence-electron chi connectivity index (χ4n) is 2.83. The lowest BCUT2D eigenvalue weighted by molar-refractivity contribution is 0.500. The van der Waals surface area contributed by atoms with Crippen LogP contribution in [0.5, 0.6) is 0 Å². The quantitative estimate of drug-likeness (QED) is 0.621. The summed E-state index contributed by atoms with van der Waals surface area (Å²) in [7, 11) is 0. The highest BCUT2D eigenvalue weighted by Crippen LogP contribution is 2.35. The highest BCUT2D eigenvalue weighted by atomic mass is 35.5. The molecule has 0 atom stereocenters. The van der Waals surface area contributed by atoms with Crippen LogP contribution in [0.25, 0.3) is 22.5 Å². The van der Waals surface area contributed by atoms with Gasteiger partial charge in [0.2, 0.25) is 5.71 Å². The second kappa shape index (κ2) is 4.60. The molecule has 0 N–H and O–H groups in total. The minimum Gasteiger partial charge on any atom is -0.442 e. The average Bonchev–Trinajstić information content (AvgIpc) is 2.87. The average molecular weight is 285 g/mol. The molecule has 0 spiro atoms. The Bertz CT molecular complexity index is 780. The minimum absolute atomic E-state index is 0.501. The molecular weight excluding hydrogens is 272 g/mol. The van der Waals surface area contributed by atoms with Crippen LogP contribution in [0.1, 0.15) is 24.2 Å². The second-order valence-corrected chi connectivity index (χ2v) is 5.45. The topological polar surface area (TPSA) is 38.9 Å². The first kappa shape index (κ1) is 11.9. The fourth-order valence-corrected chi connectivity index (χ4v) is 3.10. The van der Waals surface area contributed by atoms with Gasteiger partial charge in [-0.3, -0.25) is 0 Å². The molecular formula is C16H13ClN2O. The van der Waals surface area contributed by atoms with E-state index in [1.54, 1.807) is 0 Å². The highest BCUT2D eigenvalue weighted by molar-refractivity contribution is 6.34. The van der Waals surface area contributed by atoms with Gasteiger partial charge in [0.05, 0.1) is 5.39 Å². The summed E-state index contributed by atoms with van der Waals surface area (Å²) in [5.74, 6) is 1.65. The van der Waals surface area contributed by atoms with Gasteiger partial charge in [0.25, 0.3) is 0 Å². The van der Waals surface area contributed by atoms with Gasteiger partial charge in [0.1, 0.15) is 10.9 Å². The second-order valence-electron chi connectivity index (χ2n) is 5.10. The van der Waals surface area contributed by atoms with Crippen LogP contribution in [0.15, 0.2) is 34.7 Å². The standard InChI is InChI=1S/C16H13ClN2O/c17-14-13-11-8-4-5-9-12(11)20-16(13)19-15(18-14)10-6-2-1-3-7-10/h1-3,6-7H,4-5,8-9H2. The van der Waals surface area contributed by atoms with Crippen LogP contribution >= 0.6 is 11.6 Å². The molecule has 0 amide bonds. The van der Waals surface area contributed by atoms with Gasteiger partial charge >= 0.3 is 0 Å². The zero-order valence-electron chi connectivity index (χ0n) is 10.9. The SMILES string of the molecule is Clc1nc(-c2ccccc2)nc2oc3c(c12)CCCC3. The third kappa shape index (κ3) is 1.81. The molecule has 0 radical (unpaired) electrons. The monoisotopic (exact) mass is 284 g/mol. The number of aromatic nitrogens is 2. The summed E-state index contributed by atoms with van der Waals surface area (Å²) in [6, 6.07) is 9.84. The van der Waals surface area contributed by atoms with E-state index in [2.05, 4.69) is 9.97 Å². The molecule has 0 unspecified atom stereocenters. The van der Waals surface area contributed by atoms with Crippen molar-refractivity contribution in [2.24, 2.45) is 0 Å². The summed E-state index contributed by atoms with van der Waals surface area (Å²) < 4.78 is 5.90. The number of rotatable bonds is 1. The van der Waals surface area contributed by atoms with E-state index >= 15 is 0 Å². The summed E-state index contributed by atoms with van der Waals surface area (Å²) in [6.07, 6.45) is 4.33. The molecule has 20 heavy (non-hydrogen) atoms. The lowest BCUT2D eigenvalue weighted by Crippen LogP contribution is -1.99. The smallest absolute Gasteiger partial charge is 0.231 e. The summed E-state index contributed by atoms with van der Waals surface area (Å²) in [5, 5.41) is 1.40. The van der Waals surface area contributed by atoms with Crippen LogP contribution < -0.4 is 0 Å². The molecule has 0 saturated heterocycles. The van der Waals surface area contributed by atoms with Crippen LogP contribution in [0.2, 0.25) is 5.15 Å². The zero-order valence-corrected chi connectivity index (χ0v) is 11.7. The molecule has 100 valence electrons. The first-order chi connectivity index (χ1) is 9.83. The van der Waals surface area contributed by atoms with Gasteiger partial charge in [-0.1, -0.05) is 41.9 Å². The van der Waals surface area contributed by atoms with Gasteiger partial charge in [-0.2, -0.15) is 4.98 Å². The van der Waals surface area contributed by atoms with Crippen molar-refractivity contribution in [3.63, 3.8) is 0 Å². The molecule has 4 rings (SSSR count). The molecule has 0 fully saturated rings. The molecule has 0 saturated carbocycles. The summed E-state index contributed by atoms with van der Waals surface area (Å²) in [5.41, 5.74) is 2.78. The Kier molecular flexibility index (Phi) is 2.74.